The number of rotatable bonds is 3. The van der Waals surface area contributed by atoms with Crippen molar-refractivity contribution in [2.75, 3.05) is 13.1 Å². The molecule has 1 aliphatic rings. The topological polar surface area (TPSA) is 49.4 Å². The zero-order valence-corrected chi connectivity index (χ0v) is 11.1. The third kappa shape index (κ3) is 4.09. The molecule has 0 aliphatic carbocycles. The molecule has 0 atom stereocenters. The smallest absolute Gasteiger partial charge is 0.324 e. The summed E-state index contributed by atoms with van der Waals surface area (Å²) >= 11 is 0. The molecule has 0 aromatic heterocycles. The van der Waals surface area contributed by atoms with Gasteiger partial charge in [-0.3, -0.25) is 9.69 Å². The molecule has 0 bridgehead atoms. The molecule has 1 fully saturated rings. The molecular weight excluding hydrogens is 240 g/mol. The van der Waals surface area contributed by atoms with Gasteiger partial charge in [0, 0.05) is 19.5 Å². The van der Waals surface area contributed by atoms with Crippen molar-refractivity contribution in [2.45, 2.75) is 32.1 Å². The van der Waals surface area contributed by atoms with E-state index in [0.717, 1.165) is 25.7 Å². The number of benzene rings is 1. The summed E-state index contributed by atoms with van der Waals surface area (Å²) in [5.41, 5.74) is 1.19. The number of urea groups is 1. The van der Waals surface area contributed by atoms with Gasteiger partial charge in [-0.15, -0.1) is 0 Å². The molecule has 1 aliphatic heterocycles. The van der Waals surface area contributed by atoms with Crippen LogP contribution in [0.4, 0.5) is 4.79 Å². The number of nitrogens with one attached hydrogen (secondary N) is 1. The third-order valence-corrected chi connectivity index (χ3v) is 3.35. The molecule has 1 N–H and O–H groups in total. The highest BCUT2D eigenvalue weighted by atomic mass is 16.2. The molecule has 4 nitrogen and oxygen atoms in total. The molecule has 0 radical (unpaired) electrons. The van der Waals surface area contributed by atoms with Crippen molar-refractivity contribution in [3.05, 3.63) is 35.9 Å². The van der Waals surface area contributed by atoms with Crippen LogP contribution in [0, 0.1) is 0 Å². The minimum Gasteiger partial charge on any atom is -0.337 e. The number of hydrogen-bond acceptors (Lipinski definition) is 2. The molecule has 2 rings (SSSR count). The van der Waals surface area contributed by atoms with Gasteiger partial charge in [-0.1, -0.05) is 36.8 Å². The summed E-state index contributed by atoms with van der Waals surface area (Å²) in [5.74, 6) is -0.0466. The van der Waals surface area contributed by atoms with E-state index in [0.29, 0.717) is 19.5 Å². The van der Waals surface area contributed by atoms with Gasteiger partial charge in [0.2, 0.25) is 5.91 Å². The largest absolute Gasteiger partial charge is 0.337 e. The van der Waals surface area contributed by atoms with Crippen molar-refractivity contribution < 1.29 is 9.59 Å². The molecule has 1 saturated heterocycles. The first kappa shape index (κ1) is 13.6. The zero-order chi connectivity index (χ0) is 13.5. The molecule has 0 unspecified atom stereocenters. The van der Waals surface area contributed by atoms with Crippen LogP contribution in [0.15, 0.2) is 30.3 Å². The Kier molecular flexibility index (Phi) is 4.95. The van der Waals surface area contributed by atoms with Crippen molar-refractivity contribution in [1.82, 2.24) is 10.2 Å². The number of imide groups is 1. The van der Waals surface area contributed by atoms with E-state index >= 15 is 0 Å². The van der Waals surface area contributed by atoms with Gasteiger partial charge in [0.05, 0.1) is 0 Å². The van der Waals surface area contributed by atoms with Gasteiger partial charge in [0.25, 0.3) is 0 Å². The first-order chi connectivity index (χ1) is 9.27. The number of amides is 3. The maximum Gasteiger partial charge on any atom is 0.324 e. The normalized spacial score (nSPS) is 16.0. The molecule has 102 valence electrons. The lowest BCUT2D eigenvalue weighted by atomic mass is 10.1. The summed E-state index contributed by atoms with van der Waals surface area (Å²) in [4.78, 5) is 25.1. The average Bonchev–Trinajstić information content (AvgIpc) is 2.64. The molecule has 0 saturated carbocycles. The van der Waals surface area contributed by atoms with Crippen molar-refractivity contribution in [1.29, 1.82) is 0 Å². The Balaban J connectivity index is 1.79. The lowest BCUT2D eigenvalue weighted by molar-refractivity contribution is -0.127. The summed E-state index contributed by atoms with van der Waals surface area (Å²) in [7, 11) is 0. The summed E-state index contributed by atoms with van der Waals surface area (Å²) in [6, 6.07) is 9.75. The van der Waals surface area contributed by atoms with E-state index in [1.54, 1.807) is 0 Å². The molecule has 1 aromatic carbocycles. The second-order valence-corrected chi connectivity index (χ2v) is 4.82. The van der Waals surface area contributed by atoms with E-state index in [-0.39, 0.29) is 11.9 Å². The van der Waals surface area contributed by atoms with Crippen LogP contribution in [0.3, 0.4) is 0 Å². The molecule has 3 amide bonds. The fourth-order valence-corrected chi connectivity index (χ4v) is 2.25. The lowest BCUT2D eigenvalue weighted by Crippen LogP contribution is -2.44. The maximum atomic E-state index is 11.9. The minimum absolute atomic E-state index is 0.0466. The first-order valence-corrected chi connectivity index (χ1v) is 6.89. The predicted molar refractivity (Wildman–Crippen MR) is 73.7 cm³/mol. The van der Waals surface area contributed by atoms with Crippen LogP contribution in [0.5, 0.6) is 0 Å². The van der Waals surface area contributed by atoms with E-state index in [1.807, 2.05) is 30.3 Å². The van der Waals surface area contributed by atoms with Gasteiger partial charge in [0.15, 0.2) is 0 Å². The number of carbonyl (C=O) groups is 2. The van der Waals surface area contributed by atoms with Crippen molar-refractivity contribution in [2.24, 2.45) is 0 Å². The standard InChI is InChI=1S/C15H20N2O2/c18-14-9-5-2-6-12-17(14)15(19)16-11-10-13-7-3-1-4-8-13/h1,3-4,7-8H,2,5-6,9-12H2,(H,16,19). The van der Waals surface area contributed by atoms with Gasteiger partial charge in [-0.25, -0.2) is 4.79 Å². The van der Waals surface area contributed by atoms with Crippen molar-refractivity contribution >= 4 is 11.9 Å². The van der Waals surface area contributed by atoms with Crippen molar-refractivity contribution in [3.8, 4) is 0 Å². The summed E-state index contributed by atoms with van der Waals surface area (Å²) in [5, 5.41) is 2.83. The van der Waals surface area contributed by atoms with Gasteiger partial charge < -0.3 is 5.32 Å². The number of likely N-dealkylation sites (tertiary alicyclic amines) is 1. The van der Waals surface area contributed by atoms with Crippen molar-refractivity contribution in [3.63, 3.8) is 0 Å². The summed E-state index contributed by atoms with van der Waals surface area (Å²) < 4.78 is 0. The summed E-state index contributed by atoms with van der Waals surface area (Å²) in [6.45, 7) is 1.11. The Morgan fingerprint density at radius 3 is 2.74 bits per heavy atom. The lowest BCUT2D eigenvalue weighted by Gasteiger charge is -2.19. The average molecular weight is 260 g/mol. The molecule has 1 aromatic rings. The third-order valence-electron chi connectivity index (χ3n) is 3.35. The SMILES string of the molecule is O=C1CCCCCN1C(=O)NCCc1ccccc1. The van der Waals surface area contributed by atoms with Gasteiger partial charge in [-0.05, 0) is 24.8 Å². The van der Waals surface area contributed by atoms with Crippen LogP contribution in [-0.2, 0) is 11.2 Å². The Labute approximate surface area is 113 Å². The van der Waals surface area contributed by atoms with Crippen LogP contribution in [0.2, 0.25) is 0 Å². The van der Waals surface area contributed by atoms with E-state index in [1.165, 1.54) is 10.5 Å². The van der Waals surface area contributed by atoms with Gasteiger partial charge >= 0.3 is 6.03 Å². The Morgan fingerprint density at radius 1 is 1.16 bits per heavy atom. The van der Waals surface area contributed by atoms with Gasteiger partial charge in [0.1, 0.15) is 0 Å². The Hall–Kier alpha value is -1.84. The fraction of sp³-hybridized carbons (Fsp3) is 0.467. The molecule has 0 spiro atoms. The highest BCUT2D eigenvalue weighted by Crippen LogP contribution is 2.11. The fourth-order valence-electron chi connectivity index (χ4n) is 2.25. The van der Waals surface area contributed by atoms with Crippen LogP contribution in [0.1, 0.15) is 31.2 Å². The van der Waals surface area contributed by atoms with E-state index in [4.69, 9.17) is 0 Å². The van der Waals surface area contributed by atoms with Crippen LogP contribution >= 0.6 is 0 Å². The quantitative estimate of drug-likeness (QED) is 0.907. The van der Waals surface area contributed by atoms with E-state index < -0.39 is 0 Å². The second-order valence-electron chi connectivity index (χ2n) is 4.82. The molecule has 1 heterocycles. The highest BCUT2D eigenvalue weighted by Gasteiger charge is 2.22. The first-order valence-electron chi connectivity index (χ1n) is 6.89. The number of carbonyl (C=O) groups excluding carboxylic acids is 2. The maximum absolute atomic E-state index is 11.9. The molecular formula is C15H20N2O2. The van der Waals surface area contributed by atoms with Crippen LogP contribution in [0.25, 0.3) is 0 Å². The van der Waals surface area contributed by atoms with E-state index in [2.05, 4.69) is 5.32 Å². The van der Waals surface area contributed by atoms with Crippen LogP contribution in [-0.4, -0.2) is 29.9 Å². The van der Waals surface area contributed by atoms with E-state index in [9.17, 15) is 9.59 Å². The van der Waals surface area contributed by atoms with Gasteiger partial charge in [-0.2, -0.15) is 0 Å². The van der Waals surface area contributed by atoms with Crippen LogP contribution < -0.4 is 5.32 Å². The highest BCUT2D eigenvalue weighted by molar-refractivity contribution is 5.94. The molecule has 19 heavy (non-hydrogen) atoms. The number of nitrogens with zero attached hydrogens (tertiary/aromatic N) is 1. The monoisotopic (exact) mass is 260 g/mol. The Bertz CT molecular complexity index is 431. The summed E-state index contributed by atoms with van der Waals surface area (Å²) in [6.07, 6.45) is 4.12. The zero-order valence-electron chi connectivity index (χ0n) is 11.1. The molecule has 4 heteroatoms. The predicted octanol–water partition coefficient (Wildman–Crippen LogP) is 2.34. The minimum atomic E-state index is -0.247. The Morgan fingerprint density at radius 2 is 1.95 bits per heavy atom. The number of hydrogen-bond donors (Lipinski definition) is 1. The second kappa shape index (κ2) is 6.92.